The molecule has 19 heavy (non-hydrogen) atoms. The summed E-state index contributed by atoms with van der Waals surface area (Å²) < 4.78 is 10.8. The predicted octanol–water partition coefficient (Wildman–Crippen LogP) is 3.12. The third-order valence-electron chi connectivity index (χ3n) is 2.81. The minimum Gasteiger partial charge on any atom is -0.491 e. The van der Waals surface area contributed by atoms with Gasteiger partial charge in [-0.2, -0.15) is 11.8 Å². The van der Waals surface area contributed by atoms with Gasteiger partial charge in [0, 0.05) is 24.5 Å². The van der Waals surface area contributed by atoms with Crippen molar-refractivity contribution in [2.45, 2.75) is 19.4 Å². The summed E-state index contributed by atoms with van der Waals surface area (Å²) in [7, 11) is 1.69. The summed E-state index contributed by atoms with van der Waals surface area (Å²) in [5.74, 6) is 2.01. The van der Waals surface area contributed by atoms with E-state index >= 15 is 0 Å². The second-order valence-corrected chi connectivity index (χ2v) is 5.25. The molecule has 0 saturated heterocycles. The van der Waals surface area contributed by atoms with Gasteiger partial charge in [-0.25, -0.2) is 0 Å². The van der Waals surface area contributed by atoms with E-state index in [4.69, 9.17) is 9.47 Å². The van der Waals surface area contributed by atoms with Gasteiger partial charge in [0.1, 0.15) is 12.4 Å². The van der Waals surface area contributed by atoms with E-state index in [0.29, 0.717) is 19.3 Å². The smallest absolute Gasteiger partial charge is 0.124 e. The first-order chi connectivity index (χ1) is 9.33. The van der Waals surface area contributed by atoms with Crippen molar-refractivity contribution in [2.24, 2.45) is 0 Å². The van der Waals surface area contributed by atoms with Crippen molar-refractivity contribution >= 4 is 11.8 Å². The molecule has 1 atom stereocenters. The van der Waals surface area contributed by atoms with Crippen LogP contribution in [0.15, 0.2) is 24.3 Å². The van der Waals surface area contributed by atoms with Crippen molar-refractivity contribution in [3.8, 4) is 5.75 Å². The van der Waals surface area contributed by atoms with E-state index in [-0.39, 0.29) is 0 Å². The first kappa shape index (κ1) is 16.3. The van der Waals surface area contributed by atoms with Crippen molar-refractivity contribution in [2.75, 3.05) is 38.9 Å². The van der Waals surface area contributed by atoms with Crippen LogP contribution in [-0.4, -0.2) is 38.9 Å². The van der Waals surface area contributed by atoms with Crippen LogP contribution in [0.1, 0.15) is 24.9 Å². The number of hydrogen-bond donors (Lipinski definition) is 1. The second-order valence-electron chi connectivity index (χ2n) is 4.34. The Balaban J connectivity index is 2.75. The van der Waals surface area contributed by atoms with E-state index in [9.17, 15) is 0 Å². The van der Waals surface area contributed by atoms with Crippen molar-refractivity contribution < 1.29 is 9.47 Å². The summed E-state index contributed by atoms with van der Waals surface area (Å²) in [6, 6.07) is 8.60. The van der Waals surface area contributed by atoms with Crippen molar-refractivity contribution in [3.63, 3.8) is 0 Å². The fourth-order valence-corrected chi connectivity index (χ4v) is 2.51. The number of thioether (sulfide) groups is 1. The molecule has 1 rings (SSSR count). The van der Waals surface area contributed by atoms with Crippen molar-refractivity contribution in [1.29, 1.82) is 0 Å². The lowest BCUT2D eigenvalue weighted by Crippen LogP contribution is -2.24. The van der Waals surface area contributed by atoms with Gasteiger partial charge in [-0.05, 0) is 25.3 Å². The maximum atomic E-state index is 5.81. The fourth-order valence-electron chi connectivity index (χ4n) is 1.88. The van der Waals surface area contributed by atoms with Gasteiger partial charge in [-0.3, -0.25) is 0 Å². The van der Waals surface area contributed by atoms with Gasteiger partial charge in [0.25, 0.3) is 0 Å². The number of ether oxygens (including phenoxy) is 2. The highest BCUT2D eigenvalue weighted by molar-refractivity contribution is 7.98. The van der Waals surface area contributed by atoms with Crippen LogP contribution in [0.5, 0.6) is 5.75 Å². The van der Waals surface area contributed by atoms with Gasteiger partial charge in [-0.1, -0.05) is 25.1 Å². The molecular formula is C15H25NO2S. The predicted molar refractivity (Wildman–Crippen MR) is 83.2 cm³/mol. The summed E-state index contributed by atoms with van der Waals surface area (Å²) in [4.78, 5) is 0. The van der Waals surface area contributed by atoms with Crippen LogP contribution < -0.4 is 10.1 Å². The molecule has 0 aliphatic carbocycles. The van der Waals surface area contributed by atoms with E-state index in [1.807, 2.05) is 23.9 Å². The third-order valence-corrected chi connectivity index (χ3v) is 3.48. The molecule has 0 fully saturated rings. The summed E-state index contributed by atoms with van der Waals surface area (Å²) >= 11 is 1.85. The summed E-state index contributed by atoms with van der Waals surface area (Å²) in [6.07, 6.45) is 3.27. The third kappa shape index (κ3) is 5.85. The highest BCUT2D eigenvalue weighted by Crippen LogP contribution is 2.27. The highest BCUT2D eigenvalue weighted by Gasteiger charge is 2.14. The Labute approximate surface area is 121 Å². The molecule has 4 heteroatoms. The van der Waals surface area contributed by atoms with E-state index in [0.717, 1.165) is 24.5 Å². The standard InChI is InChI=1S/C15H25NO2S/c1-4-9-16-14(12-19-3)13-7-5-6-8-15(13)18-11-10-17-2/h5-8,14,16H,4,9-12H2,1-3H3. The monoisotopic (exact) mass is 283 g/mol. The lowest BCUT2D eigenvalue weighted by molar-refractivity contribution is 0.145. The van der Waals surface area contributed by atoms with Crippen LogP contribution in [0.3, 0.4) is 0 Å². The normalized spacial score (nSPS) is 12.4. The minimum absolute atomic E-state index is 0.341. The van der Waals surface area contributed by atoms with Crippen molar-refractivity contribution in [1.82, 2.24) is 5.32 Å². The van der Waals surface area contributed by atoms with Crippen LogP contribution in [0.25, 0.3) is 0 Å². The van der Waals surface area contributed by atoms with Gasteiger partial charge >= 0.3 is 0 Å². The molecular weight excluding hydrogens is 258 g/mol. The number of benzene rings is 1. The average molecular weight is 283 g/mol. The minimum atomic E-state index is 0.341. The molecule has 1 unspecified atom stereocenters. The van der Waals surface area contributed by atoms with Crippen LogP contribution in [0.4, 0.5) is 0 Å². The zero-order valence-electron chi connectivity index (χ0n) is 12.1. The molecule has 1 aromatic carbocycles. The van der Waals surface area contributed by atoms with Crippen LogP contribution in [-0.2, 0) is 4.74 Å². The Morgan fingerprint density at radius 2 is 2.05 bits per heavy atom. The zero-order valence-corrected chi connectivity index (χ0v) is 13.0. The van der Waals surface area contributed by atoms with Gasteiger partial charge < -0.3 is 14.8 Å². The number of rotatable bonds is 10. The first-order valence-corrected chi connectivity index (χ1v) is 8.15. The lowest BCUT2D eigenvalue weighted by atomic mass is 10.1. The van der Waals surface area contributed by atoms with E-state index in [2.05, 4.69) is 30.6 Å². The Bertz CT molecular complexity index is 347. The van der Waals surface area contributed by atoms with E-state index < -0.39 is 0 Å². The number of nitrogens with one attached hydrogen (secondary N) is 1. The quantitative estimate of drug-likeness (QED) is 0.668. The van der Waals surface area contributed by atoms with Crippen LogP contribution in [0, 0.1) is 0 Å². The molecule has 1 aromatic rings. The molecule has 0 aliphatic rings. The molecule has 0 aliphatic heterocycles. The Morgan fingerprint density at radius 1 is 1.26 bits per heavy atom. The molecule has 0 aromatic heterocycles. The van der Waals surface area contributed by atoms with E-state index in [1.165, 1.54) is 5.56 Å². The molecule has 3 nitrogen and oxygen atoms in total. The summed E-state index contributed by atoms with van der Waals surface area (Å²) in [6.45, 7) is 4.42. The Kier molecular flexibility index (Phi) is 8.71. The SMILES string of the molecule is CCCNC(CSC)c1ccccc1OCCOC. The number of para-hydroxylation sites is 1. The molecule has 108 valence electrons. The number of hydrogen-bond acceptors (Lipinski definition) is 4. The molecule has 0 spiro atoms. The highest BCUT2D eigenvalue weighted by atomic mass is 32.2. The zero-order chi connectivity index (χ0) is 13.9. The fraction of sp³-hybridized carbons (Fsp3) is 0.600. The van der Waals surface area contributed by atoms with Crippen molar-refractivity contribution in [3.05, 3.63) is 29.8 Å². The van der Waals surface area contributed by atoms with Gasteiger partial charge in [-0.15, -0.1) is 0 Å². The van der Waals surface area contributed by atoms with Gasteiger partial charge in [0.05, 0.1) is 6.61 Å². The lowest BCUT2D eigenvalue weighted by Gasteiger charge is -2.21. The van der Waals surface area contributed by atoms with Gasteiger partial charge in [0.15, 0.2) is 0 Å². The molecule has 0 heterocycles. The topological polar surface area (TPSA) is 30.5 Å². The molecule has 0 bridgehead atoms. The summed E-state index contributed by atoms with van der Waals surface area (Å²) in [5, 5.41) is 3.59. The van der Waals surface area contributed by atoms with E-state index in [1.54, 1.807) is 7.11 Å². The molecule has 0 saturated carbocycles. The maximum absolute atomic E-state index is 5.81. The molecule has 1 N–H and O–H groups in total. The maximum Gasteiger partial charge on any atom is 0.124 e. The average Bonchev–Trinajstić information content (AvgIpc) is 2.44. The number of methoxy groups -OCH3 is 1. The largest absolute Gasteiger partial charge is 0.491 e. The molecule has 0 radical (unpaired) electrons. The van der Waals surface area contributed by atoms with Crippen LogP contribution in [0.2, 0.25) is 0 Å². The molecule has 0 amide bonds. The Morgan fingerprint density at radius 3 is 2.74 bits per heavy atom. The Hall–Kier alpha value is -0.710. The van der Waals surface area contributed by atoms with Gasteiger partial charge in [0.2, 0.25) is 0 Å². The van der Waals surface area contributed by atoms with Crippen LogP contribution >= 0.6 is 11.8 Å². The first-order valence-electron chi connectivity index (χ1n) is 6.76. The summed E-state index contributed by atoms with van der Waals surface area (Å²) in [5.41, 5.74) is 1.24. The second kappa shape index (κ2) is 10.1.